The number of aromatic nitrogens is 1. The number of nitrogens with zero attached hydrogens (tertiary/aromatic N) is 1. The van der Waals surface area contributed by atoms with Gasteiger partial charge in [-0.1, -0.05) is 0 Å². The highest BCUT2D eigenvalue weighted by Crippen LogP contribution is 2.30. The normalized spacial score (nSPS) is 10.4. The lowest BCUT2D eigenvalue weighted by atomic mass is 10.1. The quantitative estimate of drug-likeness (QED) is 0.744. The van der Waals surface area contributed by atoms with E-state index >= 15 is 0 Å². The molecule has 0 fully saturated rings. The molecule has 0 bridgehead atoms. The highest BCUT2D eigenvalue weighted by molar-refractivity contribution is 5.87. The molecule has 1 aromatic heterocycles. The van der Waals surface area contributed by atoms with E-state index in [2.05, 4.69) is 4.98 Å². The molecule has 2 aromatic rings. The van der Waals surface area contributed by atoms with Gasteiger partial charge in [-0.3, -0.25) is 10.0 Å². The van der Waals surface area contributed by atoms with Gasteiger partial charge in [0.15, 0.2) is 0 Å². The maximum absolute atomic E-state index is 11.5. The van der Waals surface area contributed by atoms with E-state index in [-0.39, 0.29) is 22.2 Å². The van der Waals surface area contributed by atoms with Crippen LogP contribution >= 0.6 is 0 Å². The van der Waals surface area contributed by atoms with Crippen molar-refractivity contribution in [3.63, 3.8) is 0 Å². The van der Waals surface area contributed by atoms with Crippen molar-refractivity contribution in [2.24, 2.45) is 0 Å². The first-order valence-electron chi connectivity index (χ1n) is 4.49. The molecule has 6 nitrogen and oxygen atoms in total. The van der Waals surface area contributed by atoms with Crippen LogP contribution in [0.2, 0.25) is 0 Å². The van der Waals surface area contributed by atoms with E-state index < -0.39 is 0 Å². The molecule has 1 aromatic carbocycles. The second-order valence-electron chi connectivity index (χ2n) is 3.19. The third-order valence-corrected chi connectivity index (χ3v) is 2.28. The average molecular weight is 221 g/mol. The number of fused-ring (bicyclic) bond motifs is 1. The maximum atomic E-state index is 11.5. The number of benzene rings is 1. The molecule has 0 saturated carbocycles. The van der Waals surface area contributed by atoms with Crippen molar-refractivity contribution in [1.82, 2.24) is 4.98 Å². The predicted molar refractivity (Wildman–Crippen MR) is 58.8 cm³/mol. The molecule has 0 unspecified atom stereocenters. The fourth-order valence-corrected chi connectivity index (χ4v) is 1.52. The van der Waals surface area contributed by atoms with Crippen molar-refractivity contribution in [3.8, 4) is 5.75 Å². The summed E-state index contributed by atoms with van der Waals surface area (Å²) in [5.41, 5.74) is -0.435. The Kier molecular flexibility index (Phi) is 2.51. The molecule has 0 aliphatic carbocycles. The standard InChI is InChI=1S/C10H9N2O4/c1-16-9-4-6-2-3-11-10(13)7(6)5-8(9)12(14)15/h2-5,14H,1H3,(H,11,13)/q-1. The number of H-pyrrole nitrogens is 1. The zero-order valence-corrected chi connectivity index (χ0v) is 8.43. The van der Waals surface area contributed by atoms with E-state index in [9.17, 15) is 10.0 Å². The monoisotopic (exact) mass is 221 g/mol. The first kappa shape index (κ1) is 10.5. The molecule has 1 heterocycles. The first-order valence-corrected chi connectivity index (χ1v) is 4.49. The Bertz CT molecular complexity index is 577. The van der Waals surface area contributed by atoms with Crippen molar-refractivity contribution in [2.45, 2.75) is 0 Å². The number of ether oxygens (including phenoxy) is 1. The number of methoxy groups -OCH3 is 1. The molecule has 84 valence electrons. The number of hydrogen-bond donors (Lipinski definition) is 2. The summed E-state index contributed by atoms with van der Waals surface area (Å²) in [6.45, 7) is 0. The molecule has 2 N–H and O–H groups in total. The summed E-state index contributed by atoms with van der Waals surface area (Å²) < 4.78 is 4.94. The maximum Gasteiger partial charge on any atom is 0.255 e. The van der Waals surface area contributed by atoms with Gasteiger partial charge in [0.1, 0.15) is 5.75 Å². The Labute approximate surface area is 90.2 Å². The minimum Gasteiger partial charge on any atom is -0.733 e. The van der Waals surface area contributed by atoms with Crippen molar-refractivity contribution in [1.29, 1.82) is 0 Å². The topological polar surface area (TPSA) is 88.6 Å². The van der Waals surface area contributed by atoms with Gasteiger partial charge in [0.05, 0.1) is 12.8 Å². The van der Waals surface area contributed by atoms with E-state index in [0.717, 1.165) is 0 Å². The molecule has 2 rings (SSSR count). The zero-order chi connectivity index (χ0) is 11.7. The van der Waals surface area contributed by atoms with Crippen molar-refractivity contribution in [3.05, 3.63) is 40.0 Å². The van der Waals surface area contributed by atoms with Crippen molar-refractivity contribution >= 4 is 16.5 Å². The Morgan fingerprint density at radius 1 is 1.50 bits per heavy atom. The molecule has 6 heteroatoms. The van der Waals surface area contributed by atoms with Gasteiger partial charge in [0.25, 0.3) is 5.56 Å². The summed E-state index contributed by atoms with van der Waals surface area (Å²) in [5.74, 6) is 0.204. The van der Waals surface area contributed by atoms with Crippen molar-refractivity contribution < 1.29 is 9.94 Å². The van der Waals surface area contributed by atoms with Crippen LogP contribution in [0.4, 0.5) is 5.69 Å². The van der Waals surface area contributed by atoms with Crippen LogP contribution in [0.15, 0.2) is 29.2 Å². The second-order valence-corrected chi connectivity index (χ2v) is 3.19. The van der Waals surface area contributed by atoms with Gasteiger partial charge in [-0.25, -0.2) is 0 Å². The number of hydrogen-bond acceptors (Lipinski definition) is 5. The fraction of sp³-hybridized carbons (Fsp3) is 0.100. The van der Waals surface area contributed by atoms with Crippen LogP contribution in [-0.2, 0) is 0 Å². The number of anilines is 1. The van der Waals surface area contributed by atoms with Crippen LogP contribution in [0.25, 0.3) is 10.8 Å². The van der Waals surface area contributed by atoms with Gasteiger partial charge in [0.2, 0.25) is 0 Å². The molecule has 16 heavy (non-hydrogen) atoms. The molecule has 0 spiro atoms. The molecule has 0 atom stereocenters. The van der Waals surface area contributed by atoms with Crippen LogP contribution in [0.3, 0.4) is 0 Å². The summed E-state index contributed by atoms with van der Waals surface area (Å²) in [6.07, 6.45) is 1.50. The number of pyridine rings is 1. The van der Waals surface area contributed by atoms with Gasteiger partial charge < -0.3 is 20.2 Å². The molecular formula is C10H9N2O4-. The van der Waals surface area contributed by atoms with Gasteiger partial charge in [0, 0.05) is 11.6 Å². The lowest BCUT2D eigenvalue weighted by Crippen LogP contribution is -2.11. The van der Waals surface area contributed by atoms with E-state index in [1.165, 1.54) is 25.4 Å². The highest BCUT2D eigenvalue weighted by atomic mass is 16.8. The second kappa shape index (κ2) is 3.84. The van der Waals surface area contributed by atoms with E-state index in [1.54, 1.807) is 6.07 Å². The molecular weight excluding hydrogens is 212 g/mol. The Hall–Kier alpha value is -2.05. The SMILES string of the molecule is COc1cc2cc[nH]c(=O)c2cc1N([O-])O. The minimum absolute atomic E-state index is 0.105. The summed E-state index contributed by atoms with van der Waals surface area (Å²) in [6, 6.07) is 4.47. The third kappa shape index (κ3) is 1.60. The lowest BCUT2D eigenvalue weighted by Gasteiger charge is -2.24. The van der Waals surface area contributed by atoms with E-state index in [4.69, 9.17) is 9.94 Å². The third-order valence-electron chi connectivity index (χ3n) is 2.28. The lowest BCUT2D eigenvalue weighted by molar-refractivity contribution is 0.290. The summed E-state index contributed by atoms with van der Waals surface area (Å²) in [5, 5.41) is 20.3. The Balaban J connectivity index is 2.81. The fourth-order valence-electron chi connectivity index (χ4n) is 1.52. The molecule has 0 radical (unpaired) electrons. The largest absolute Gasteiger partial charge is 0.733 e. The van der Waals surface area contributed by atoms with Gasteiger partial charge in [-0.05, 0) is 23.6 Å². The molecule has 0 saturated heterocycles. The average Bonchev–Trinajstić information content (AvgIpc) is 2.27. The Morgan fingerprint density at radius 3 is 2.88 bits per heavy atom. The summed E-state index contributed by atoms with van der Waals surface area (Å²) in [4.78, 5) is 13.9. The summed E-state index contributed by atoms with van der Waals surface area (Å²) >= 11 is 0. The molecule has 0 aliphatic rings. The highest BCUT2D eigenvalue weighted by Gasteiger charge is 2.07. The van der Waals surface area contributed by atoms with E-state index in [1.807, 2.05) is 0 Å². The van der Waals surface area contributed by atoms with Crippen LogP contribution in [-0.4, -0.2) is 17.3 Å². The summed E-state index contributed by atoms with van der Waals surface area (Å²) in [7, 11) is 1.38. The number of aromatic amines is 1. The number of rotatable bonds is 2. The van der Waals surface area contributed by atoms with Crippen LogP contribution < -0.4 is 15.5 Å². The van der Waals surface area contributed by atoms with Crippen molar-refractivity contribution in [2.75, 3.05) is 12.3 Å². The molecule has 0 aliphatic heterocycles. The van der Waals surface area contributed by atoms with Gasteiger partial charge in [-0.15, -0.1) is 0 Å². The smallest absolute Gasteiger partial charge is 0.255 e. The van der Waals surface area contributed by atoms with Crippen LogP contribution in [0.5, 0.6) is 5.75 Å². The Morgan fingerprint density at radius 2 is 2.25 bits per heavy atom. The van der Waals surface area contributed by atoms with Gasteiger partial charge >= 0.3 is 0 Å². The van der Waals surface area contributed by atoms with Gasteiger partial charge in [-0.2, -0.15) is 0 Å². The predicted octanol–water partition coefficient (Wildman–Crippen LogP) is 1.23. The zero-order valence-electron chi connectivity index (χ0n) is 8.43. The number of nitrogens with one attached hydrogen (secondary N) is 1. The van der Waals surface area contributed by atoms with Crippen LogP contribution in [0, 0.1) is 5.21 Å². The van der Waals surface area contributed by atoms with E-state index in [0.29, 0.717) is 10.8 Å². The first-order chi connectivity index (χ1) is 7.63. The molecule has 0 amide bonds. The minimum atomic E-state index is -0.330. The van der Waals surface area contributed by atoms with Crippen LogP contribution in [0.1, 0.15) is 0 Å².